The molecule has 1 N–H and O–H groups in total. The van der Waals surface area contributed by atoms with Gasteiger partial charge in [0.25, 0.3) is 0 Å². The topological polar surface area (TPSA) is 90.0 Å². The van der Waals surface area contributed by atoms with Gasteiger partial charge in [0, 0.05) is 49.3 Å². The zero-order valence-corrected chi connectivity index (χ0v) is 32.2. The molecule has 1 saturated heterocycles. The first-order valence-electron chi connectivity index (χ1n) is 17.3. The third-order valence-electron chi connectivity index (χ3n) is 10.5. The predicted molar refractivity (Wildman–Crippen MR) is 189 cm³/mol. The maximum Gasteiger partial charge on any atom is 0.245 e. The van der Waals surface area contributed by atoms with E-state index in [2.05, 4.69) is 71.9 Å². The Morgan fingerprint density at radius 2 is 1.53 bits per heavy atom. The van der Waals surface area contributed by atoms with E-state index in [1.165, 1.54) is 0 Å². The number of hydrogen-bond donors (Lipinski definition) is 1. The standard InChI is InChI=1S/C36H68N4O4S/c1-16-24(6)33(25(7)20-30(42)40-19-17-18-29(40)27(9)26(8)28(10)41)39(14)35(44)31(22(2)3)37-34(43)32(23(4)5)38(13)21-36(11,12)45-15/h22-27,29,31-33H,16-21H2,1-15H3,(H,37,43)/t24-,25?,26+,27?,29-,31-,32?,33-/m0/s1. The molecule has 1 aliphatic rings. The molecule has 0 aromatic rings. The van der Waals surface area contributed by atoms with Gasteiger partial charge in [-0.3, -0.25) is 24.1 Å². The molecule has 3 amide bonds. The molecule has 1 heterocycles. The quantitative estimate of drug-likeness (QED) is 0.196. The highest BCUT2D eigenvalue weighted by atomic mass is 32.2. The average molecular weight is 653 g/mol. The molecular formula is C36H68N4O4S. The molecule has 8 nitrogen and oxygen atoms in total. The molecule has 0 saturated carbocycles. The van der Waals surface area contributed by atoms with Crippen LogP contribution in [-0.2, 0) is 19.2 Å². The van der Waals surface area contributed by atoms with Crippen molar-refractivity contribution in [2.45, 2.75) is 138 Å². The highest BCUT2D eigenvalue weighted by Gasteiger charge is 2.40. The summed E-state index contributed by atoms with van der Waals surface area (Å²) in [6, 6.07) is -1.12. The number of carbonyl (C=O) groups is 4. The summed E-state index contributed by atoms with van der Waals surface area (Å²) in [4.78, 5) is 59.8. The van der Waals surface area contributed by atoms with Crippen molar-refractivity contribution in [1.29, 1.82) is 0 Å². The second-order valence-corrected chi connectivity index (χ2v) is 16.9. The summed E-state index contributed by atoms with van der Waals surface area (Å²) in [7, 11) is 3.83. The van der Waals surface area contributed by atoms with Gasteiger partial charge in [0.15, 0.2) is 0 Å². The number of carbonyl (C=O) groups excluding carboxylic acids is 4. The minimum atomic E-state index is -0.669. The summed E-state index contributed by atoms with van der Waals surface area (Å²) in [5, 5.41) is 3.16. The van der Waals surface area contributed by atoms with Crippen LogP contribution in [0.1, 0.15) is 109 Å². The third-order valence-corrected chi connectivity index (χ3v) is 11.8. The maximum atomic E-state index is 14.2. The zero-order chi connectivity index (χ0) is 35.0. The van der Waals surface area contributed by atoms with Crippen LogP contribution < -0.4 is 5.32 Å². The van der Waals surface area contributed by atoms with Crippen LogP contribution in [0.25, 0.3) is 0 Å². The summed E-state index contributed by atoms with van der Waals surface area (Å²) in [5.41, 5.74) is 0. The molecule has 0 aliphatic carbocycles. The Bertz CT molecular complexity index is 986. The van der Waals surface area contributed by atoms with E-state index in [1.807, 2.05) is 44.7 Å². The Labute approximate surface area is 280 Å². The van der Waals surface area contributed by atoms with Crippen LogP contribution in [0.4, 0.5) is 0 Å². The predicted octanol–water partition coefficient (Wildman–Crippen LogP) is 5.98. The number of nitrogens with zero attached hydrogens (tertiary/aromatic N) is 3. The van der Waals surface area contributed by atoms with E-state index in [4.69, 9.17) is 0 Å². The first-order chi connectivity index (χ1) is 20.7. The SMILES string of the molecule is CC[C@H](C)[C@@H](C(C)CC(=O)N1CCC[C@H]1C(C)[C@@H](C)C(C)=O)N(C)C(=O)[C@@H](NC(=O)C(C(C)C)N(C)CC(C)(C)SC)C(C)C. The molecule has 3 unspecified atom stereocenters. The summed E-state index contributed by atoms with van der Waals surface area (Å²) < 4.78 is -0.00839. The van der Waals surface area contributed by atoms with E-state index in [0.717, 1.165) is 32.4 Å². The van der Waals surface area contributed by atoms with Crippen molar-refractivity contribution >= 4 is 35.3 Å². The number of likely N-dealkylation sites (N-methyl/N-ethyl adjacent to an activating group) is 2. The van der Waals surface area contributed by atoms with Gasteiger partial charge in [-0.2, -0.15) is 11.8 Å². The van der Waals surface area contributed by atoms with Crippen molar-refractivity contribution in [2.75, 3.05) is 33.4 Å². The van der Waals surface area contributed by atoms with Gasteiger partial charge in [-0.25, -0.2) is 0 Å². The van der Waals surface area contributed by atoms with Crippen LogP contribution >= 0.6 is 11.8 Å². The lowest BCUT2D eigenvalue weighted by atomic mass is 9.83. The fourth-order valence-electron chi connectivity index (χ4n) is 7.33. The first-order valence-corrected chi connectivity index (χ1v) is 18.6. The van der Waals surface area contributed by atoms with Crippen molar-refractivity contribution in [3.63, 3.8) is 0 Å². The van der Waals surface area contributed by atoms with E-state index >= 15 is 0 Å². The number of Topliss-reactive ketones (excluding diaryl/α,β-unsaturated/α-hetero) is 1. The van der Waals surface area contributed by atoms with Crippen LogP contribution in [0, 0.1) is 35.5 Å². The molecular weight excluding hydrogens is 584 g/mol. The molecule has 1 aliphatic heterocycles. The fourth-order valence-corrected chi connectivity index (χ4v) is 7.66. The van der Waals surface area contributed by atoms with Crippen LogP contribution in [0.2, 0.25) is 0 Å². The molecule has 0 aromatic heterocycles. The van der Waals surface area contributed by atoms with Crippen molar-refractivity contribution in [1.82, 2.24) is 20.0 Å². The van der Waals surface area contributed by atoms with E-state index in [1.54, 1.807) is 18.7 Å². The van der Waals surface area contributed by atoms with Gasteiger partial charge in [-0.05, 0) is 76.5 Å². The monoisotopic (exact) mass is 652 g/mol. The summed E-state index contributed by atoms with van der Waals surface area (Å²) >= 11 is 1.78. The lowest BCUT2D eigenvalue weighted by molar-refractivity contribution is -0.143. The highest BCUT2D eigenvalue weighted by Crippen LogP contribution is 2.32. The van der Waals surface area contributed by atoms with Crippen molar-refractivity contribution < 1.29 is 19.2 Å². The number of amides is 3. The maximum absolute atomic E-state index is 14.2. The molecule has 9 heteroatoms. The number of rotatable bonds is 18. The Kier molecular flexibility index (Phi) is 16.6. The van der Waals surface area contributed by atoms with Gasteiger partial charge in [-0.15, -0.1) is 0 Å². The Morgan fingerprint density at radius 1 is 0.956 bits per heavy atom. The van der Waals surface area contributed by atoms with Crippen molar-refractivity contribution in [3.05, 3.63) is 0 Å². The van der Waals surface area contributed by atoms with E-state index in [-0.39, 0.29) is 81.9 Å². The Hall–Kier alpha value is -1.61. The van der Waals surface area contributed by atoms with Gasteiger partial charge >= 0.3 is 0 Å². The van der Waals surface area contributed by atoms with Gasteiger partial charge in [0.05, 0.1) is 6.04 Å². The van der Waals surface area contributed by atoms with Gasteiger partial charge < -0.3 is 15.1 Å². The second kappa shape index (κ2) is 18.1. The molecule has 1 fully saturated rings. The van der Waals surface area contributed by atoms with Crippen molar-refractivity contribution in [3.8, 4) is 0 Å². The minimum Gasteiger partial charge on any atom is -0.343 e. The lowest BCUT2D eigenvalue weighted by Gasteiger charge is -2.41. The molecule has 262 valence electrons. The molecule has 0 aromatic carbocycles. The number of ketones is 1. The smallest absolute Gasteiger partial charge is 0.245 e. The van der Waals surface area contributed by atoms with E-state index in [0.29, 0.717) is 6.42 Å². The number of hydrogen-bond acceptors (Lipinski definition) is 6. The number of nitrogens with one attached hydrogen (secondary N) is 1. The van der Waals surface area contributed by atoms with Crippen LogP contribution in [0.3, 0.4) is 0 Å². The fraction of sp³-hybridized carbons (Fsp3) is 0.889. The van der Waals surface area contributed by atoms with E-state index in [9.17, 15) is 19.2 Å². The molecule has 0 radical (unpaired) electrons. The first kappa shape index (κ1) is 41.4. The average Bonchev–Trinajstić information content (AvgIpc) is 3.44. The summed E-state index contributed by atoms with van der Waals surface area (Å²) in [6.07, 6.45) is 5.16. The summed E-state index contributed by atoms with van der Waals surface area (Å²) in [6.45, 7) is 25.9. The van der Waals surface area contributed by atoms with Crippen molar-refractivity contribution in [2.24, 2.45) is 35.5 Å². The number of likely N-dealkylation sites (tertiary alicyclic amines) is 1. The molecule has 0 bridgehead atoms. The van der Waals surface area contributed by atoms with E-state index < -0.39 is 6.04 Å². The highest BCUT2D eigenvalue weighted by molar-refractivity contribution is 7.99. The van der Waals surface area contributed by atoms with Crippen LogP contribution in [-0.4, -0.2) is 101 Å². The van der Waals surface area contributed by atoms with Gasteiger partial charge in [-0.1, -0.05) is 68.7 Å². The third kappa shape index (κ3) is 11.3. The largest absolute Gasteiger partial charge is 0.343 e. The van der Waals surface area contributed by atoms with Crippen LogP contribution in [0.15, 0.2) is 0 Å². The Morgan fingerprint density at radius 3 is 2.00 bits per heavy atom. The number of thioether (sulfide) groups is 1. The second-order valence-electron chi connectivity index (χ2n) is 15.4. The molecule has 1 rings (SSSR count). The molecule has 8 atom stereocenters. The van der Waals surface area contributed by atoms with Gasteiger partial charge in [0.2, 0.25) is 17.7 Å². The normalized spacial score (nSPS) is 20.5. The molecule has 45 heavy (non-hydrogen) atoms. The zero-order valence-electron chi connectivity index (χ0n) is 31.4. The Balaban J connectivity index is 3.19. The minimum absolute atomic E-state index is 0.00839. The van der Waals surface area contributed by atoms with Gasteiger partial charge in [0.1, 0.15) is 11.8 Å². The molecule has 0 spiro atoms. The summed E-state index contributed by atoms with van der Waals surface area (Å²) in [5.74, 6) is 0.109. The van der Waals surface area contributed by atoms with Crippen LogP contribution in [0.5, 0.6) is 0 Å². The lowest BCUT2D eigenvalue weighted by Crippen LogP contribution is -2.59.